The Balaban J connectivity index is 2.33. The highest BCUT2D eigenvalue weighted by Crippen LogP contribution is 1.99. The third-order valence-electron chi connectivity index (χ3n) is 2.76. The number of hydrogen-bond acceptors (Lipinski definition) is 4. The lowest BCUT2D eigenvalue weighted by Gasteiger charge is -2.09. The van der Waals surface area contributed by atoms with E-state index in [0.717, 1.165) is 26.0 Å². The smallest absolute Gasteiger partial charge is 0.293 e. The molecule has 0 fully saturated rings. The fourth-order valence-corrected chi connectivity index (χ4v) is 1.65. The molecule has 1 rings (SSSR count). The fourth-order valence-electron chi connectivity index (χ4n) is 1.65. The highest BCUT2D eigenvalue weighted by molar-refractivity contribution is 5.30. The molecule has 1 N–H and O–H groups in total. The second-order valence-electron chi connectivity index (χ2n) is 5.00. The van der Waals surface area contributed by atoms with Crippen LogP contribution in [0.3, 0.4) is 0 Å². The first-order chi connectivity index (χ1) is 9.15. The van der Waals surface area contributed by atoms with E-state index in [2.05, 4.69) is 24.1 Å². The van der Waals surface area contributed by atoms with Gasteiger partial charge in [0.15, 0.2) is 5.82 Å². The van der Waals surface area contributed by atoms with Gasteiger partial charge in [-0.3, -0.25) is 4.79 Å². The molecule has 0 saturated heterocycles. The summed E-state index contributed by atoms with van der Waals surface area (Å²) in [6.45, 7) is 9.08. The Morgan fingerprint density at radius 2 is 2.21 bits per heavy atom. The van der Waals surface area contributed by atoms with E-state index in [0.29, 0.717) is 24.9 Å². The zero-order valence-corrected chi connectivity index (χ0v) is 12.2. The number of aromatic nitrogens is 2. The van der Waals surface area contributed by atoms with Crippen molar-refractivity contribution >= 4 is 5.82 Å². The maximum absolute atomic E-state index is 12.0. The molecule has 19 heavy (non-hydrogen) atoms. The SMILES string of the molecule is CCCn1ccnc(NCCOCCC(C)C)c1=O. The first kappa shape index (κ1) is 15.7. The van der Waals surface area contributed by atoms with Gasteiger partial charge in [-0.25, -0.2) is 4.98 Å². The second-order valence-corrected chi connectivity index (χ2v) is 5.00. The number of nitrogens with one attached hydrogen (secondary N) is 1. The quantitative estimate of drug-likeness (QED) is 0.696. The summed E-state index contributed by atoms with van der Waals surface area (Å²) >= 11 is 0. The van der Waals surface area contributed by atoms with Crippen molar-refractivity contribution in [2.75, 3.05) is 25.1 Å². The van der Waals surface area contributed by atoms with Crippen LogP contribution in [0.25, 0.3) is 0 Å². The van der Waals surface area contributed by atoms with Crippen LogP contribution in [0, 0.1) is 5.92 Å². The van der Waals surface area contributed by atoms with Crippen LogP contribution in [0.15, 0.2) is 17.2 Å². The molecule has 1 aromatic heterocycles. The lowest BCUT2D eigenvalue weighted by atomic mass is 10.1. The van der Waals surface area contributed by atoms with E-state index < -0.39 is 0 Å². The summed E-state index contributed by atoms with van der Waals surface area (Å²) in [5, 5.41) is 3.03. The minimum atomic E-state index is -0.0634. The predicted octanol–water partition coefficient (Wildman–Crippen LogP) is 2.13. The van der Waals surface area contributed by atoms with Crippen LogP contribution in [0.5, 0.6) is 0 Å². The van der Waals surface area contributed by atoms with Gasteiger partial charge in [-0.15, -0.1) is 0 Å². The lowest BCUT2D eigenvalue weighted by Crippen LogP contribution is -2.25. The zero-order chi connectivity index (χ0) is 14.1. The Bertz CT molecular complexity index is 415. The summed E-state index contributed by atoms with van der Waals surface area (Å²) in [6, 6.07) is 0. The van der Waals surface area contributed by atoms with Gasteiger partial charge in [0.1, 0.15) is 0 Å². The van der Waals surface area contributed by atoms with E-state index in [1.807, 2.05) is 6.92 Å². The summed E-state index contributed by atoms with van der Waals surface area (Å²) in [6.07, 6.45) is 5.36. The molecule has 0 unspecified atom stereocenters. The number of ether oxygens (including phenoxy) is 1. The van der Waals surface area contributed by atoms with Gasteiger partial charge in [0.25, 0.3) is 5.56 Å². The number of hydrogen-bond donors (Lipinski definition) is 1. The van der Waals surface area contributed by atoms with Crippen molar-refractivity contribution in [3.63, 3.8) is 0 Å². The number of anilines is 1. The van der Waals surface area contributed by atoms with E-state index in [1.165, 1.54) is 0 Å². The van der Waals surface area contributed by atoms with Crippen molar-refractivity contribution in [3.05, 3.63) is 22.7 Å². The van der Waals surface area contributed by atoms with Crippen LogP contribution in [-0.4, -0.2) is 29.3 Å². The van der Waals surface area contributed by atoms with Crippen LogP contribution < -0.4 is 10.9 Å². The third kappa shape index (κ3) is 5.87. The van der Waals surface area contributed by atoms with Crippen LogP contribution >= 0.6 is 0 Å². The highest BCUT2D eigenvalue weighted by atomic mass is 16.5. The van der Waals surface area contributed by atoms with Gasteiger partial charge in [-0.05, 0) is 18.8 Å². The molecule has 1 heterocycles. The monoisotopic (exact) mass is 267 g/mol. The molecular formula is C14H25N3O2. The normalized spacial score (nSPS) is 10.9. The standard InChI is InChI=1S/C14H25N3O2/c1-4-8-17-9-6-15-13(14(17)18)16-7-11-19-10-5-12(2)3/h6,9,12H,4-5,7-8,10-11H2,1-3H3,(H,15,16). The van der Waals surface area contributed by atoms with Crippen LogP contribution in [0.4, 0.5) is 5.82 Å². The van der Waals surface area contributed by atoms with E-state index in [9.17, 15) is 4.79 Å². The first-order valence-electron chi connectivity index (χ1n) is 7.02. The molecule has 0 atom stereocenters. The summed E-state index contributed by atoms with van der Waals surface area (Å²) in [5.74, 6) is 1.06. The van der Waals surface area contributed by atoms with Gasteiger partial charge in [-0.1, -0.05) is 20.8 Å². The molecule has 0 spiro atoms. The predicted molar refractivity (Wildman–Crippen MR) is 77.6 cm³/mol. The zero-order valence-electron chi connectivity index (χ0n) is 12.2. The molecule has 0 aliphatic heterocycles. The van der Waals surface area contributed by atoms with Crippen molar-refractivity contribution in [2.45, 2.75) is 40.2 Å². The molecule has 5 heteroatoms. The van der Waals surface area contributed by atoms with Crippen molar-refractivity contribution < 1.29 is 4.74 Å². The second kappa shape index (κ2) is 8.69. The van der Waals surface area contributed by atoms with E-state index in [4.69, 9.17) is 4.74 Å². The number of aryl methyl sites for hydroxylation is 1. The Hall–Kier alpha value is -1.36. The van der Waals surface area contributed by atoms with Crippen LogP contribution in [0.1, 0.15) is 33.6 Å². The largest absolute Gasteiger partial charge is 0.380 e. The maximum Gasteiger partial charge on any atom is 0.293 e. The van der Waals surface area contributed by atoms with Crippen LogP contribution in [0.2, 0.25) is 0 Å². The molecule has 5 nitrogen and oxygen atoms in total. The van der Waals surface area contributed by atoms with Gasteiger partial charge >= 0.3 is 0 Å². The maximum atomic E-state index is 12.0. The minimum absolute atomic E-state index is 0.0634. The molecule has 0 aliphatic rings. The summed E-state index contributed by atoms with van der Waals surface area (Å²) in [7, 11) is 0. The van der Waals surface area contributed by atoms with E-state index in [-0.39, 0.29) is 5.56 Å². The Labute approximate surface area is 115 Å². The van der Waals surface area contributed by atoms with Gasteiger partial charge in [0.05, 0.1) is 6.61 Å². The average molecular weight is 267 g/mol. The number of rotatable bonds is 9. The molecule has 0 bridgehead atoms. The molecular weight excluding hydrogens is 242 g/mol. The van der Waals surface area contributed by atoms with Gasteiger partial charge in [0, 0.05) is 32.1 Å². The molecule has 0 radical (unpaired) electrons. The van der Waals surface area contributed by atoms with Crippen LogP contribution in [-0.2, 0) is 11.3 Å². The lowest BCUT2D eigenvalue weighted by molar-refractivity contribution is 0.132. The average Bonchev–Trinajstić information content (AvgIpc) is 2.37. The Kier molecular flexibility index (Phi) is 7.18. The van der Waals surface area contributed by atoms with Crippen molar-refractivity contribution in [3.8, 4) is 0 Å². The minimum Gasteiger partial charge on any atom is -0.380 e. The van der Waals surface area contributed by atoms with Crippen molar-refractivity contribution in [1.29, 1.82) is 0 Å². The van der Waals surface area contributed by atoms with E-state index in [1.54, 1.807) is 17.0 Å². The van der Waals surface area contributed by atoms with Gasteiger partial charge in [0.2, 0.25) is 0 Å². The summed E-state index contributed by atoms with van der Waals surface area (Å²) in [4.78, 5) is 16.0. The highest BCUT2D eigenvalue weighted by Gasteiger charge is 2.03. The van der Waals surface area contributed by atoms with Gasteiger partial charge in [-0.2, -0.15) is 0 Å². The van der Waals surface area contributed by atoms with Gasteiger partial charge < -0.3 is 14.6 Å². The Morgan fingerprint density at radius 3 is 2.89 bits per heavy atom. The van der Waals surface area contributed by atoms with E-state index >= 15 is 0 Å². The summed E-state index contributed by atoms with van der Waals surface area (Å²) in [5.41, 5.74) is -0.0634. The van der Waals surface area contributed by atoms with Crippen molar-refractivity contribution in [2.24, 2.45) is 5.92 Å². The molecule has 0 saturated carbocycles. The molecule has 1 aromatic rings. The fraction of sp³-hybridized carbons (Fsp3) is 0.714. The molecule has 0 aliphatic carbocycles. The van der Waals surface area contributed by atoms with Crippen molar-refractivity contribution in [1.82, 2.24) is 9.55 Å². The molecule has 0 amide bonds. The molecule has 0 aromatic carbocycles. The Morgan fingerprint density at radius 1 is 1.42 bits per heavy atom. The molecule has 108 valence electrons. The summed E-state index contributed by atoms with van der Waals surface area (Å²) < 4.78 is 7.16. The third-order valence-corrected chi connectivity index (χ3v) is 2.76. The topological polar surface area (TPSA) is 56.1 Å². The number of nitrogens with zero attached hydrogens (tertiary/aromatic N) is 2. The first-order valence-corrected chi connectivity index (χ1v) is 7.02.